The van der Waals surface area contributed by atoms with E-state index in [1.54, 1.807) is 0 Å². The van der Waals surface area contributed by atoms with Gasteiger partial charge in [-0.2, -0.15) is 0 Å². The van der Waals surface area contributed by atoms with Gasteiger partial charge in [0, 0.05) is 41.7 Å². The largest absolute Gasteiger partial charge is 0.363 e. The van der Waals surface area contributed by atoms with Crippen LogP contribution >= 0.6 is 0 Å². The number of allylic oxidation sites excluding steroid dienone is 5. The van der Waals surface area contributed by atoms with E-state index in [2.05, 4.69) is 138 Å². The monoisotopic (exact) mass is 597 g/mol. The summed E-state index contributed by atoms with van der Waals surface area (Å²) in [6, 6.07) is 39.4. The number of nitrogens with one attached hydrogen (secondary N) is 1. The van der Waals surface area contributed by atoms with Gasteiger partial charge in [0.25, 0.3) is 0 Å². The molecule has 226 valence electrons. The molecule has 1 aromatic heterocycles. The summed E-state index contributed by atoms with van der Waals surface area (Å²) in [4.78, 5) is 9.59. The first-order valence-electron chi connectivity index (χ1n) is 16.7. The lowest BCUT2D eigenvalue weighted by Gasteiger charge is -2.35. The zero-order valence-electron chi connectivity index (χ0n) is 26.1. The fraction of sp³-hybridized carbons (Fsp3) is 0.209. The molecular weight excluding hydrogens is 558 g/mol. The third-order valence-corrected chi connectivity index (χ3v) is 10.1. The summed E-state index contributed by atoms with van der Waals surface area (Å²) in [5.74, 6) is 1.27. The van der Waals surface area contributed by atoms with Crippen LogP contribution in [0.15, 0.2) is 156 Å². The van der Waals surface area contributed by atoms with Gasteiger partial charge < -0.3 is 5.32 Å². The maximum Gasteiger partial charge on any atom is 0.140 e. The Morgan fingerprint density at radius 3 is 2.33 bits per heavy atom. The van der Waals surface area contributed by atoms with Crippen molar-refractivity contribution in [3.05, 3.63) is 168 Å². The summed E-state index contributed by atoms with van der Waals surface area (Å²) in [5, 5.41) is 6.73. The molecule has 3 heteroatoms. The van der Waals surface area contributed by atoms with Crippen molar-refractivity contribution in [2.45, 2.75) is 50.1 Å². The summed E-state index contributed by atoms with van der Waals surface area (Å²) in [6.07, 6.45) is 18.6. The minimum absolute atomic E-state index is 0.0152. The molecule has 2 aliphatic carbocycles. The van der Waals surface area contributed by atoms with Crippen LogP contribution in [0.25, 0.3) is 27.5 Å². The fourth-order valence-corrected chi connectivity index (χ4v) is 7.67. The lowest BCUT2D eigenvalue weighted by Crippen LogP contribution is -2.37. The Kier molecular flexibility index (Phi) is 7.90. The Morgan fingerprint density at radius 1 is 0.696 bits per heavy atom. The van der Waals surface area contributed by atoms with Crippen molar-refractivity contribution < 1.29 is 0 Å². The van der Waals surface area contributed by atoms with E-state index in [9.17, 15) is 0 Å². The zero-order chi connectivity index (χ0) is 30.7. The molecule has 0 fully saturated rings. The second-order valence-corrected chi connectivity index (χ2v) is 12.9. The summed E-state index contributed by atoms with van der Waals surface area (Å²) < 4.78 is 0. The minimum Gasteiger partial charge on any atom is -0.363 e. The van der Waals surface area contributed by atoms with E-state index in [0.717, 1.165) is 32.1 Å². The maximum absolute atomic E-state index is 5.17. The molecule has 1 N–H and O–H groups in total. The SMILES string of the molecule is C1=CC(c2cccnc2)CC(C2=C(c3ccc(-c4ccccc4)cc3)C=NC(C3=CCC(c4cccc5ccccc45)CC3)N2)C1. The summed E-state index contributed by atoms with van der Waals surface area (Å²) in [7, 11) is 0. The van der Waals surface area contributed by atoms with Gasteiger partial charge in [0.1, 0.15) is 6.17 Å². The molecule has 0 amide bonds. The van der Waals surface area contributed by atoms with Gasteiger partial charge >= 0.3 is 0 Å². The lowest BCUT2D eigenvalue weighted by molar-refractivity contribution is 0.457. The summed E-state index contributed by atoms with van der Waals surface area (Å²) >= 11 is 0. The summed E-state index contributed by atoms with van der Waals surface area (Å²) in [5.41, 5.74) is 10.4. The average molecular weight is 598 g/mol. The predicted molar refractivity (Wildman–Crippen MR) is 192 cm³/mol. The number of nitrogens with zero attached hydrogens (tertiary/aromatic N) is 2. The van der Waals surface area contributed by atoms with E-state index < -0.39 is 0 Å². The molecule has 2 heterocycles. The molecular formula is C43H39N3. The Morgan fingerprint density at radius 2 is 1.50 bits per heavy atom. The Hall–Kier alpha value is -5.02. The van der Waals surface area contributed by atoms with E-state index in [4.69, 9.17) is 4.99 Å². The second-order valence-electron chi connectivity index (χ2n) is 12.9. The molecule has 5 aromatic rings. The van der Waals surface area contributed by atoms with Gasteiger partial charge in [-0.1, -0.05) is 121 Å². The van der Waals surface area contributed by atoms with Crippen molar-refractivity contribution in [3.8, 4) is 11.1 Å². The van der Waals surface area contributed by atoms with Crippen molar-refractivity contribution >= 4 is 22.6 Å². The van der Waals surface area contributed by atoms with Crippen LogP contribution in [0.4, 0.5) is 0 Å². The number of hydrogen-bond donors (Lipinski definition) is 1. The molecule has 1 aliphatic heterocycles. The highest BCUT2D eigenvalue weighted by Crippen LogP contribution is 2.41. The molecule has 0 saturated carbocycles. The highest BCUT2D eigenvalue weighted by atomic mass is 15.1. The smallest absolute Gasteiger partial charge is 0.140 e. The molecule has 0 radical (unpaired) electrons. The summed E-state index contributed by atoms with van der Waals surface area (Å²) in [6.45, 7) is 0. The minimum atomic E-state index is -0.0152. The van der Waals surface area contributed by atoms with Gasteiger partial charge in [0.2, 0.25) is 0 Å². The molecule has 4 aromatic carbocycles. The van der Waals surface area contributed by atoms with Crippen molar-refractivity contribution in [1.82, 2.24) is 10.3 Å². The van der Waals surface area contributed by atoms with Crippen LogP contribution in [-0.4, -0.2) is 17.4 Å². The molecule has 3 aliphatic rings. The molecule has 4 unspecified atom stereocenters. The van der Waals surface area contributed by atoms with Crippen LogP contribution < -0.4 is 5.32 Å². The normalized spacial score (nSPS) is 22.8. The number of pyridine rings is 1. The maximum atomic E-state index is 5.17. The van der Waals surface area contributed by atoms with Crippen LogP contribution in [0.2, 0.25) is 0 Å². The van der Waals surface area contributed by atoms with Gasteiger partial charge in [-0.15, -0.1) is 0 Å². The number of fused-ring (bicyclic) bond motifs is 1. The number of hydrogen-bond acceptors (Lipinski definition) is 3. The van der Waals surface area contributed by atoms with Crippen molar-refractivity contribution in [2.75, 3.05) is 0 Å². The molecule has 0 bridgehead atoms. The van der Waals surface area contributed by atoms with Gasteiger partial charge in [0.15, 0.2) is 0 Å². The molecule has 0 saturated heterocycles. The molecule has 8 rings (SSSR count). The van der Waals surface area contributed by atoms with Crippen molar-refractivity contribution in [3.63, 3.8) is 0 Å². The third kappa shape index (κ3) is 5.74. The van der Waals surface area contributed by atoms with Crippen LogP contribution in [0.5, 0.6) is 0 Å². The van der Waals surface area contributed by atoms with Crippen molar-refractivity contribution in [1.29, 1.82) is 0 Å². The van der Waals surface area contributed by atoms with Crippen LogP contribution in [0, 0.1) is 5.92 Å². The van der Waals surface area contributed by atoms with Crippen LogP contribution in [0.1, 0.15) is 60.6 Å². The Bertz CT molecular complexity index is 1950. The van der Waals surface area contributed by atoms with Gasteiger partial charge in [0.05, 0.1) is 0 Å². The number of aromatic nitrogens is 1. The molecule has 0 spiro atoms. The predicted octanol–water partition coefficient (Wildman–Crippen LogP) is 10.3. The van der Waals surface area contributed by atoms with Crippen LogP contribution in [0.3, 0.4) is 0 Å². The average Bonchev–Trinajstić information content (AvgIpc) is 3.15. The molecule has 3 nitrogen and oxygen atoms in total. The number of benzene rings is 4. The van der Waals surface area contributed by atoms with E-state index in [0.29, 0.717) is 17.8 Å². The fourth-order valence-electron chi connectivity index (χ4n) is 7.67. The highest BCUT2D eigenvalue weighted by Gasteiger charge is 2.30. The number of rotatable bonds is 6. The van der Waals surface area contributed by atoms with Gasteiger partial charge in [-0.05, 0) is 88.3 Å². The third-order valence-electron chi connectivity index (χ3n) is 10.1. The van der Waals surface area contributed by atoms with Crippen LogP contribution in [-0.2, 0) is 0 Å². The zero-order valence-corrected chi connectivity index (χ0v) is 26.1. The van der Waals surface area contributed by atoms with Crippen molar-refractivity contribution in [2.24, 2.45) is 10.9 Å². The Balaban J connectivity index is 1.08. The first-order valence-corrected chi connectivity index (χ1v) is 16.7. The lowest BCUT2D eigenvalue weighted by atomic mass is 9.79. The van der Waals surface area contributed by atoms with E-state index in [1.807, 2.05) is 18.5 Å². The second kappa shape index (κ2) is 12.8. The Labute approximate surface area is 272 Å². The quantitative estimate of drug-likeness (QED) is 0.198. The number of aliphatic imine (C=N–C) groups is 1. The topological polar surface area (TPSA) is 37.3 Å². The first-order chi connectivity index (χ1) is 22.8. The highest BCUT2D eigenvalue weighted by molar-refractivity contribution is 6.12. The van der Waals surface area contributed by atoms with E-state index >= 15 is 0 Å². The van der Waals surface area contributed by atoms with E-state index in [-0.39, 0.29) is 6.17 Å². The molecule has 4 atom stereocenters. The standard InChI is InChI=1S/C43H39N3/c1-2-9-30(10-3-1)31-18-20-34(21-19-31)41-29-45-43(46-42(41)37-14-6-13-36(27-37)38-15-8-26-44-28-38)35-24-22-33(23-25-35)40-17-7-12-32-11-4-5-16-39(32)40/h1-13,15-21,24,26,28-29,33,36-37,43,46H,14,22-23,25,27H2. The van der Waals surface area contributed by atoms with Gasteiger partial charge in [-0.3, -0.25) is 9.98 Å². The van der Waals surface area contributed by atoms with Gasteiger partial charge in [-0.25, -0.2) is 0 Å². The van der Waals surface area contributed by atoms with E-state index in [1.165, 1.54) is 55.4 Å². The first kappa shape index (κ1) is 28.5. The molecule has 46 heavy (non-hydrogen) atoms.